The normalized spacial score (nSPS) is 10.6. The summed E-state index contributed by atoms with van der Waals surface area (Å²) in [6.07, 6.45) is 2.22. The quantitative estimate of drug-likeness (QED) is 0.574. The Bertz CT molecular complexity index is 685. The molecule has 124 valence electrons. The standard InChI is InChI=1S/C16H20Cl2N4S/c1-3-4-7-19-16(23)20-15-8-11(2)22(21-15)10-12-5-6-13(17)9-14(12)18/h5-6,8-9H,3-4,7,10H2,1-2H3,(H2,19,20,21,23). The van der Waals surface area contributed by atoms with E-state index in [2.05, 4.69) is 22.7 Å². The lowest BCUT2D eigenvalue weighted by molar-refractivity contribution is 0.668. The molecule has 1 heterocycles. The van der Waals surface area contributed by atoms with E-state index in [0.717, 1.165) is 36.5 Å². The average Bonchev–Trinajstić information content (AvgIpc) is 2.82. The highest BCUT2D eigenvalue weighted by Gasteiger charge is 2.08. The average molecular weight is 371 g/mol. The zero-order valence-corrected chi connectivity index (χ0v) is 15.5. The van der Waals surface area contributed by atoms with E-state index < -0.39 is 0 Å². The number of rotatable bonds is 6. The number of hydrogen-bond acceptors (Lipinski definition) is 2. The molecule has 2 aromatic rings. The maximum absolute atomic E-state index is 6.22. The number of nitrogens with zero attached hydrogens (tertiary/aromatic N) is 2. The molecule has 4 nitrogen and oxygen atoms in total. The SMILES string of the molecule is CCCCNC(=S)Nc1cc(C)n(Cc2ccc(Cl)cc2Cl)n1. The molecule has 2 rings (SSSR count). The minimum atomic E-state index is 0.583. The van der Waals surface area contributed by atoms with E-state index in [-0.39, 0.29) is 0 Å². The van der Waals surface area contributed by atoms with E-state index in [1.165, 1.54) is 0 Å². The van der Waals surface area contributed by atoms with Gasteiger partial charge in [-0.3, -0.25) is 4.68 Å². The number of hydrogen-bond donors (Lipinski definition) is 2. The van der Waals surface area contributed by atoms with Crippen LogP contribution in [0.25, 0.3) is 0 Å². The smallest absolute Gasteiger partial charge is 0.171 e. The van der Waals surface area contributed by atoms with Crippen LogP contribution in [0.2, 0.25) is 10.0 Å². The second-order valence-corrected chi connectivity index (χ2v) is 6.55. The summed E-state index contributed by atoms with van der Waals surface area (Å²) in [5, 5.41) is 12.6. The van der Waals surface area contributed by atoms with Crippen molar-refractivity contribution in [1.82, 2.24) is 15.1 Å². The van der Waals surface area contributed by atoms with Gasteiger partial charge in [-0.05, 0) is 43.3 Å². The van der Waals surface area contributed by atoms with Crippen LogP contribution in [-0.4, -0.2) is 21.4 Å². The first-order valence-corrected chi connectivity index (χ1v) is 8.69. The van der Waals surface area contributed by atoms with Crippen LogP contribution in [-0.2, 0) is 6.54 Å². The van der Waals surface area contributed by atoms with Crippen LogP contribution < -0.4 is 10.6 Å². The Kier molecular flexibility index (Phi) is 6.69. The van der Waals surface area contributed by atoms with E-state index in [9.17, 15) is 0 Å². The molecular weight excluding hydrogens is 351 g/mol. The molecule has 0 atom stereocenters. The molecule has 1 aromatic heterocycles. The molecule has 1 aromatic carbocycles. The highest BCUT2D eigenvalue weighted by Crippen LogP contribution is 2.22. The summed E-state index contributed by atoms with van der Waals surface area (Å²) in [5.74, 6) is 0.724. The van der Waals surface area contributed by atoms with Gasteiger partial charge >= 0.3 is 0 Å². The summed E-state index contributed by atoms with van der Waals surface area (Å²) < 4.78 is 1.88. The molecule has 0 aliphatic heterocycles. The van der Waals surface area contributed by atoms with Crippen LogP contribution in [0.5, 0.6) is 0 Å². The van der Waals surface area contributed by atoms with E-state index in [1.807, 2.05) is 29.8 Å². The molecule has 23 heavy (non-hydrogen) atoms. The summed E-state index contributed by atoms with van der Waals surface area (Å²) in [4.78, 5) is 0. The fraction of sp³-hybridized carbons (Fsp3) is 0.375. The fourth-order valence-electron chi connectivity index (χ4n) is 2.08. The summed E-state index contributed by atoms with van der Waals surface area (Å²) in [6, 6.07) is 7.43. The third-order valence-corrected chi connectivity index (χ3v) is 4.21. The second kappa shape index (κ2) is 8.52. The minimum Gasteiger partial charge on any atom is -0.362 e. The number of nitrogens with one attached hydrogen (secondary N) is 2. The zero-order chi connectivity index (χ0) is 16.8. The molecule has 0 bridgehead atoms. The Morgan fingerprint density at radius 1 is 1.30 bits per heavy atom. The van der Waals surface area contributed by atoms with E-state index in [1.54, 1.807) is 6.07 Å². The molecule has 0 radical (unpaired) electrons. The molecule has 0 aliphatic rings. The number of anilines is 1. The van der Waals surface area contributed by atoms with Crippen molar-refractivity contribution >= 4 is 46.4 Å². The van der Waals surface area contributed by atoms with Crippen molar-refractivity contribution in [3.63, 3.8) is 0 Å². The number of aryl methyl sites for hydroxylation is 1. The Balaban J connectivity index is 2.01. The lowest BCUT2D eigenvalue weighted by Gasteiger charge is -2.08. The van der Waals surface area contributed by atoms with Gasteiger partial charge in [-0.2, -0.15) is 5.10 Å². The maximum atomic E-state index is 6.22. The van der Waals surface area contributed by atoms with Crippen molar-refractivity contribution in [3.8, 4) is 0 Å². The topological polar surface area (TPSA) is 41.9 Å². The van der Waals surface area contributed by atoms with Crippen LogP contribution in [0.1, 0.15) is 31.0 Å². The van der Waals surface area contributed by atoms with Gasteiger partial charge in [-0.1, -0.05) is 42.6 Å². The van der Waals surface area contributed by atoms with Crippen molar-refractivity contribution in [2.45, 2.75) is 33.2 Å². The van der Waals surface area contributed by atoms with Crippen LogP contribution in [0.3, 0.4) is 0 Å². The monoisotopic (exact) mass is 370 g/mol. The molecule has 0 saturated carbocycles. The van der Waals surface area contributed by atoms with Gasteiger partial charge < -0.3 is 10.6 Å². The van der Waals surface area contributed by atoms with Gasteiger partial charge in [0, 0.05) is 28.4 Å². The number of unbranched alkanes of at least 4 members (excludes halogenated alkanes) is 1. The lowest BCUT2D eigenvalue weighted by Crippen LogP contribution is -2.29. The minimum absolute atomic E-state index is 0.583. The van der Waals surface area contributed by atoms with Crippen molar-refractivity contribution in [2.24, 2.45) is 0 Å². The molecule has 0 unspecified atom stereocenters. The van der Waals surface area contributed by atoms with Crippen molar-refractivity contribution in [1.29, 1.82) is 0 Å². The van der Waals surface area contributed by atoms with E-state index in [4.69, 9.17) is 35.4 Å². The molecule has 0 amide bonds. The van der Waals surface area contributed by atoms with Crippen molar-refractivity contribution < 1.29 is 0 Å². The predicted molar refractivity (Wildman–Crippen MR) is 102 cm³/mol. The number of halogens is 2. The summed E-state index contributed by atoms with van der Waals surface area (Å²) >= 11 is 17.4. The molecule has 7 heteroatoms. The van der Waals surface area contributed by atoms with Crippen molar-refractivity contribution in [3.05, 3.63) is 45.6 Å². The molecule has 0 spiro atoms. The number of benzene rings is 1. The largest absolute Gasteiger partial charge is 0.362 e. The molecular formula is C16H20Cl2N4S. The third-order valence-electron chi connectivity index (χ3n) is 3.37. The Hall–Kier alpha value is -1.30. The van der Waals surface area contributed by atoms with Crippen LogP contribution in [0, 0.1) is 6.92 Å². The van der Waals surface area contributed by atoms with Gasteiger partial charge in [0.05, 0.1) is 6.54 Å². The van der Waals surface area contributed by atoms with E-state index in [0.29, 0.717) is 21.7 Å². The number of thiocarbonyl (C=S) groups is 1. The van der Waals surface area contributed by atoms with Gasteiger partial charge in [0.1, 0.15) is 0 Å². The highest BCUT2D eigenvalue weighted by atomic mass is 35.5. The van der Waals surface area contributed by atoms with Gasteiger partial charge in [0.2, 0.25) is 0 Å². The van der Waals surface area contributed by atoms with Crippen LogP contribution >= 0.6 is 35.4 Å². The molecule has 0 fully saturated rings. The van der Waals surface area contributed by atoms with Crippen LogP contribution in [0.4, 0.5) is 5.82 Å². The first-order valence-electron chi connectivity index (χ1n) is 7.53. The summed E-state index contributed by atoms with van der Waals surface area (Å²) in [7, 11) is 0. The summed E-state index contributed by atoms with van der Waals surface area (Å²) in [6.45, 7) is 5.59. The summed E-state index contributed by atoms with van der Waals surface area (Å²) in [5.41, 5.74) is 1.99. The Morgan fingerprint density at radius 3 is 2.78 bits per heavy atom. The number of aromatic nitrogens is 2. The van der Waals surface area contributed by atoms with Crippen LogP contribution in [0.15, 0.2) is 24.3 Å². The predicted octanol–water partition coefficient (Wildman–Crippen LogP) is 4.63. The van der Waals surface area contributed by atoms with E-state index >= 15 is 0 Å². The van der Waals surface area contributed by atoms with Gasteiger partial charge in [0.15, 0.2) is 10.9 Å². The lowest BCUT2D eigenvalue weighted by atomic mass is 10.2. The van der Waals surface area contributed by atoms with Gasteiger partial charge in [0.25, 0.3) is 0 Å². The fourth-order valence-corrected chi connectivity index (χ4v) is 2.76. The zero-order valence-electron chi connectivity index (χ0n) is 13.2. The Morgan fingerprint density at radius 2 is 2.09 bits per heavy atom. The highest BCUT2D eigenvalue weighted by molar-refractivity contribution is 7.80. The van der Waals surface area contributed by atoms with Gasteiger partial charge in [-0.25, -0.2) is 0 Å². The van der Waals surface area contributed by atoms with Crippen molar-refractivity contribution in [2.75, 3.05) is 11.9 Å². The first kappa shape index (κ1) is 18.0. The molecule has 0 saturated heterocycles. The maximum Gasteiger partial charge on any atom is 0.171 e. The third kappa shape index (κ3) is 5.37. The Labute approximate surface area is 152 Å². The first-order chi connectivity index (χ1) is 11.0. The van der Waals surface area contributed by atoms with Gasteiger partial charge in [-0.15, -0.1) is 0 Å². The molecule has 0 aliphatic carbocycles. The second-order valence-electron chi connectivity index (χ2n) is 5.30. The molecule has 2 N–H and O–H groups in total.